The van der Waals surface area contributed by atoms with E-state index in [1.807, 2.05) is 0 Å². The second kappa shape index (κ2) is 4.59. The van der Waals surface area contributed by atoms with Crippen LogP contribution in [0.3, 0.4) is 0 Å². The van der Waals surface area contributed by atoms with Gasteiger partial charge in [-0.3, -0.25) is 4.79 Å². The molecule has 0 spiro atoms. The summed E-state index contributed by atoms with van der Waals surface area (Å²) in [5.41, 5.74) is 0. The summed E-state index contributed by atoms with van der Waals surface area (Å²) in [4.78, 5) is 10.3. The molecule has 0 unspecified atom stereocenters. The summed E-state index contributed by atoms with van der Waals surface area (Å²) in [6.45, 7) is 1.99. The van der Waals surface area contributed by atoms with Crippen molar-refractivity contribution in [2.24, 2.45) is 0 Å². The molecule has 3 heteroatoms. The monoisotopic (exact) mass is 118 g/mol. The molecule has 0 atom stereocenters. The molecule has 0 saturated carbocycles. The van der Waals surface area contributed by atoms with Gasteiger partial charge in [-0.15, -0.1) is 0 Å². The maximum absolute atomic E-state index is 10.3. The molecule has 0 amide bonds. The van der Waals surface area contributed by atoms with Crippen molar-refractivity contribution in [1.29, 1.82) is 0 Å². The van der Waals surface area contributed by atoms with Gasteiger partial charge in [-0.05, 0) is 6.92 Å². The SMILES string of the molecule is CCOC(=O)CCO. The second-order valence-electron chi connectivity index (χ2n) is 1.28. The number of aliphatic hydroxyl groups excluding tert-OH is 1. The first-order chi connectivity index (χ1) is 3.81. The van der Waals surface area contributed by atoms with Crippen molar-refractivity contribution in [1.82, 2.24) is 0 Å². The molecule has 3 nitrogen and oxygen atoms in total. The highest BCUT2D eigenvalue weighted by Crippen LogP contribution is 1.82. The van der Waals surface area contributed by atoms with Crippen LogP contribution in [0.2, 0.25) is 0 Å². The fourth-order valence-electron chi connectivity index (χ4n) is 0.324. The van der Waals surface area contributed by atoms with E-state index in [0.29, 0.717) is 6.61 Å². The lowest BCUT2D eigenvalue weighted by molar-refractivity contribution is -0.143. The molecule has 0 heterocycles. The van der Waals surface area contributed by atoms with Gasteiger partial charge in [-0.25, -0.2) is 0 Å². The van der Waals surface area contributed by atoms with Crippen LogP contribution in [0.15, 0.2) is 0 Å². The first-order valence-corrected chi connectivity index (χ1v) is 2.57. The van der Waals surface area contributed by atoms with E-state index >= 15 is 0 Å². The Kier molecular flexibility index (Phi) is 4.26. The molecule has 0 aliphatic rings. The third-order valence-corrected chi connectivity index (χ3v) is 0.621. The summed E-state index contributed by atoms with van der Waals surface area (Å²) in [5, 5.41) is 8.16. The number of aliphatic hydroxyl groups is 1. The highest BCUT2D eigenvalue weighted by Gasteiger charge is 1.96. The minimum Gasteiger partial charge on any atom is -0.466 e. The van der Waals surface area contributed by atoms with Gasteiger partial charge in [-0.1, -0.05) is 0 Å². The topological polar surface area (TPSA) is 46.5 Å². The Morgan fingerprint density at radius 3 is 2.75 bits per heavy atom. The number of esters is 1. The lowest BCUT2D eigenvalue weighted by Gasteiger charge is -1.96. The predicted molar refractivity (Wildman–Crippen MR) is 28.3 cm³/mol. The molecule has 0 saturated heterocycles. The Hall–Kier alpha value is -0.570. The molecular formula is C5H10O3. The number of rotatable bonds is 3. The van der Waals surface area contributed by atoms with Gasteiger partial charge in [0, 0.05) is 0 Å². The molecular weight excluding hydrogens is 108 g/mol. The largest absolute Gasteiger partial charge is 0.466 e. The molecule has 0 aromatic heterocycles. The van der Waals surface area contributed by atoms with E-state index in [1.165, 1.54) is 0 Å². The number of carbonyl (C=O) groups is 1. The molecule has 8 heavy (non-hydrogen) atoms. The standard InChI is InChI=1S/C5H10O3/c1-2-8-5(7)3-4-6/h6H,2-4H2,1H3. The zero-order chi connectivity index (χ0) is 6.41. The van der Waals surface area contributed by atoms with Crippen molar-refractivity contribution >= 4 is 5.97 Å². The van der Waals surface area contributed by atoms with Gasteiger partial charge >= 0.3 is 5.97 Å². The second-order valence-corrected chi connectivity index (χ2v) is 1.28. The molecule has 0 radical (unpaired) electrons. The van der Waals surface area contributed by atoms with Gasteiger partial charge in [0.1, 0.15) is 0 Å². The summed E-state index contributed by atoms with van der Waals surface area (Å²) in [6.07, 6.45) is 0.105. The van der Waals surface area contributed by atoms with Gasteiger partial charge in [0.15, 0.2) is 0 Å². The highest BCUT2D eigenvalue weighted by molar-refractivity contribution is 5.69. The highest BCUT2D eigenvalue weighted by atomic mass is 16.5. The van der Waals surface area contributed by atoms with Crippen molar-refractivity contribution < 1.29 is 14.6 Å². The Labute approximate surface area is 48.3 Å². The summed E-state index contributed by atoms with van der Waals surface area (Å²) >= 11 is 0. The third kappa shape index (κ3) is 3.61. The molecule has 0 aromatic rings. The van der Waals surface area contributed by atoms with E-state index in [2.05, 4.69) is 4.74 Å². The van der Waals surface area contributed by atoms with Crippen LogP contribution in [-0.4, -0.2) is 24.3 Å². The maximum atomic E-state index is 10.3. The van der Waals surface area contributed by atoms with Crippen LogP contribution in [0.1, 0.15) is 13.3 Å². The van der Waals surface area contributed by atoms with Gasteiger partial charge in [0.25, 0.3) is 0 Å². The molecule has 0 fully saturated rings. The van der Waals surface area contributed by atoms with Gasteiger partial charge in [0.2, 0.25) is 0 Å². The van der Waals surface area contributed by atoms with E-state index in [4.69, 9.17) is 5.11 Å². The average molecular weight is 118 g/mol. The van der Waals surface area contributed by atoms with E-state index in [9.17, 15) is 4.79 Å². The summed E-state index contributed by atoms with van der Waals surface area (Å²) in [7, 11) is 0. The Balaban J connectivity index is 3.06. The zero-order valence-corrected chi connectivity index (χ0v) is 4.89. The number of carbonyl (C=O) groups excluding carboxylic acids is 1. The molecule has 0 rings (SSSR count). The first kappa shape index (κ1) is 7.43. The average Bonchev–Trinajstić information content (AvgIpc) is 1.68. The van der Waals surface area contributed by atoms with E-state index in [-0.39, 0.29) is 19.0 Å². The molecule has 0 aromatic carbocycles. The number of hydrogen-bond donors (Lipinski definition) is 1. The molecule has 0 bridgehead atoms. The van der Waals surface area contributed by atoms with Gasteiger partial charge < -0.3 is 9.84 Å². The first-order valence-electron chi connectivity index (χ1n) is 2.57. The number of ether oxygens (including phenoxy) is 1. The van der Waals surface area contributed by atoms with Crippen molar-refractivity contribution in [3.63, 3.8) is 0 Å². The van der Waals surface area contributed by atoms with Crippen molar-refractivity contribution in [2.75, 3.05) is 13.2 Å². The van der Waals surface area contributed by atoms with Crippen molar-refractivity contribution in [2.45, 2.75) is 13.3 Å². The number of hydrogen-bond acceptors (Lipinski definition) is 3. The Morgan fingerprint density at radius 2 is 2.38 bits per heavy atom. The summed E-state index contributed by atoms with van der Waals surface area (Å²) in [5.74, 6) is -0.338. The van der Waals surface area contributed by atoms with Crippen LogP contribution in [0.5, 0.6) is 0 Å². The van der Waals surface area contributed by atoms with Crippen LogP contribution in [-0.2, 0) is 9.53 Å². The Bertz CT molecular complexity index is 62.1. The lowest BCUT2D eigenvalue weighted by atomic mass is 10.5. The molecule has 1 N–H and O–H groups in total. The van der Waals surface area contributed by atoms with Gasteiger partial charge in [0.05, 0.1) is 19.6 Å². The third-order valence-electron chi connectivity index (χ3n) is 0.621. The molecule has 48 valence electrons. The van der Waals surface area contributed by atoms with Crippen LogP contribution < -0.4 is 0 Å². The fourth-order valence-corrected chi connectivity index (χ4v) is 0.324. The zero-order valence-electron chi connectivity index (χ0n) is 4.89. The smallest absolute Gasteiger partial charge is 0.308 e. The van der Waals surface area contributed by atoms with E-state index in [0.717, 1.165) is 0 Å². The van der Waals surface area contributed by atoms with Gasteiger partial charge in [-0.2, -0.15) is 0 Å². The lowest BCUT2D eigenvalue weighted by Crippen LogP contribution is -2.05. The quantitative estimate of drug-likeness (QED) is 0.528. The van der Waals surface area contributed by atoms with Crippen molar-refractivity contribution in [3.8, 4) is 0 Å². The van der Waals surface area contributed by atoms with E-state index in [1.54, 1.807) is 6.92 Å². The molecule has 0 aliphatic carbocycles. The normalized spacial score (nSPS) is 8.75. The van der Waals surface area contributed by atoms with Crippen LogP contribution in [0.25, 0.3) is 0 Å². The van der Waals surface area contributed by atoms with Crippen LogP contribution >= 0.6 is 0 Å². The summed E-state index contributed by atoms with van der Waals surface area (Å²) in [6, 6.07) is 0. The Morgan fingerprint density at radius 1 is 1.75 bits per heavy atom. The summed E-state index contributed by atoms with van der Waals surface area (Å²) < 4.78 is 4.48. The van der Waals surface area contributed by atoms with Crippen LogP contribution in [0.4, 0.5) is 0 Å². The van der Waals surface area contributed by atoms with Crippen molar-refractivity contribution in [3.05, 3.63) is 0 Å². The fraction of sp³-hybridized carbons (Fsp3) is 0.800. The maximum Gasteiger partial charge on any atom is 0.308 e. The van der Waals surface area contributed by atoms with Crippen LogP contribution in [0, 0.1) is 0 Å². The minimum absolute atomic E-state index is 0.105. The minimum atomic E-state index is -0.338. The van der Waals surface area contributed by atoms with E-state index < -0.39 is 0 Å². The molecule has 0 aliphatic heterocycles. The predicted octanol–water partition coefficient (Wildman–Crippen LogP) is -0.0681.